The van der Waals surface area contributed by atoms with E-state index >= 15 is 0 Å². The fourth-order valence-corrected chi connectivity index (χ4v) is 2.32. The van der Waals surface area contributed by atoms with Crippen LogP contribution in [0.3, 0.4) is 0 Å². The fraction of sp³-hybridized carbons (Fsp3) is 0.200. The highest BCUT2D eigenvalue weighted by atomic mass is 33.1. The summed E-state index contributed by atoms with van der Waals surface area (Å²) < 4.78 is -0.912. The molecule has 0 amide bonds. The molecule has 0 fully saturated rings. The van der Waals surface area contributed by atoms with Gasteiger partial charge in [-0.25, -0.2) is 0 Å². The van der Waals surface area contributed by atoms with Gasteiger partial charge in [0.05, 0.1) is 0 Å². The van der Waals surface area contributed by atoms with E-state index in [9.17, 15) is 0 Å². The molecule has 1 heterocycles. The lowest BCUT2D eigenvalue weighted by Gasteiger charge is -2.01. The van der Waals surface area contributed by atoms with Gasteiger partial charge in [0.15, 0.2) is 0 Å². The second-order valence-electron chi connectivity index (χ2n) is 1.44. The van der Waals surface area contributed by atoms with Gasteiger partial charge in [0, 0.05) is 0 Å². The van der Waals surface area contributed by atoms with E-state index in [-0.39, 0.29) is 0 Å². The van der Waals surface area contributed by atoms with Gasteiger partial charge in [0.1, 0.15) is 12.1 Å². The summed E-state index contributed by atoms with van der Waals surface area (Å²) in [6, 6.07) is 3.84. The SMILES string of the molecule is N#CC1(C#N)C=CSS1. The van der Waals surface area contributed by atoms with E-state index in [1.54, 1.807) is 11.5 Å². The Kier molecular flexibility index (Phi) is 1.70. The summed E-state index contributed by atoms with van der Waals surface area (Å²) in [5.41, 5.74) is 0. The lowest BCUT2D eigenvalue weighted by atomic mass is 10.2. The number of hydrogen-bond donors (Lipinski definition) is 0. The highest BCUT2D eigenvalue weighted by molar-refractivity contribution is 8.78. The van der Waals surface area contributed by atoms with Crippen LogP contribution in [0.2, 0.25) is 0 Å². The first-order valence-corrected chi connectivity index (χ1v) is 4.39. The first-order chi connectivity index (χ1) is 4.33. The van der Waals surface area contributed by atoms with Crippen molar-refractivity contribution in [2.24, 2.45) is 0 Å². The van der Waals surface area contributed by atoms with E-state index in [1.165, 1.54) is 21.6 Å². The molecule has 0 bridgehead atoms. The highest BCUT2D eigenvalue weighted by Gasteiger charge is 2.31. The van der Waals surface area contributed by atoms with Gasteiger partial charge in [-0.2, -0.15) is 10.5 Å². The van der Waals surface area contributed by atoms with Crippen LogP contribution in [0.5, 0.6) is 0 Å². The van der Waals surface area contributed by atoms with Crippen LogP contribution in [0.1, 0.15) is 0 Å². The zero-order valence-corrected chi connectivity index (χ0v) is 6.00. The number of nitriles is 2. The molecule has 1 rings (SSSR count). The lowest BCUT2D eigenvalue weighted by Crippen LogP contribution is -2.11. The molecule has 0 saturated carbocycles. The average Bonchev–Trinajstić information content (AvgIpc) is 2.36. The van der Waals surface area contributed by atoms with E-state index in [0.29, 0.717) is 0 Å². The minimum absolute atomic E-state index is 0.912. The molecule has 0 atom stereocenters. The Hall–Kier alpha value is -0.580. The van der Waals surface area contributed by atoms with Crippen molar-refractivity contribution in [2.45, 2.75) is 4.75 Å². The topological polar surface area (TPSA) is 47.6 Å². The van der Waals surface area contributed by atoms with Gasteiger partial charge in [-0.1, -0.05) is 10.8 Å². The molecule has 0 unspecified atom stereocenters. The first-order valence-electron chi connectivity index (χ1n) is 2.18. The third kappa shape index (κ3) is 1.05. The van der Waals surface area contributed by atoms with Crippen LogP contribution in [0.4, 0.5) is 0 Å². The van der Waals surface area contributed by atoms with Crippen molar-refractivity contribution in [3.8, 4) is 12.1 Å². The zero-order chi connectivity index (χ0) is 6.74. The maximum Gasteiger partial charge on any atom is 0.217 e. The number of hydrogen-bond acceptors (Lipinski definition) is 4. The zero-order valence-electron chi connectivity index (χ0n) is 4.37. The second-order valence-corrected chi connectivity index (χ2v) is 3.79. The molecule has 0 aromatic heterocycles. The van der Waals surface area contributed by atoms with Crippen LogP contribution < -0.4 is 0 Å². The summed E-state index contributed by atoms with van der Waals surface area (Å²) in [7, 11) is 2.69. The standard InChI is InChI=1S/C5H2N2S2/c6-3-5(4-7)1-2-8-9-5/h1-2H. The molecular formula is C5H2N2S2. The van der Waals surface area contributed by atoms with E-state index in [4.69, 9.17) is 10.5 Å². The number of rotatable bonds is 0. The van der Waals surface area contributed by atoms with E-state index < -0.39 is 4.75 Å². The predicted molar refractivity (Wildman–Crippen MR) is 38.3 cm³/mol. The third-order valence-electron chi connectivity index (χ3n) is 0.870. The summed E-state index contributed by atoms with van der Waals surface area (Å²) in [4.78, 5) is 0. The Morgan fingerprint density at radius 2 is 2.00 bits per heavy atom. The Labute approximate surface area is 60.9 Å². The second kappa shape index (κ2) is 2.34. The van der Waals surface area contributed by atoms with Gasteiger partial charge in [-0.15, -0.1) is 0 Å². The molecule has 0 aromatic carbocycles. The maximum absolute atomic E-state index is 8.46. The van der Waals surface area contributed by atoms with Gasteiger partial charge in [-0.05, 0) is 22.3 Å². The Morgan fingerprint density at radius 1 is 1.33 bits per heavy atom. The van der Waals surface area contributed by atoms with Crippen LogP contribution in [0, 0.1) is 22.7 Å². The normalized spacial score (nSPS) is 20.7. The molecule has 0 saturated heterocycles. The molecule has 44 valence electrons. The molecule has 4 heteroatoms. The van der Waals surface area contributed by atoms with Gasteiger partial charge in [0.2, 0.25) is 4.75 Å². The van der Waals surface area contributed by atoms with Gasteiger partial charge in [-0.3, -0.25) is 0 Å². The van der Waals surface area contributed by atoms with Gasteiger partial charge < -0.3 is 0 Å². The summed E-state index contributed by atoms with van der Waals surface area (Å²) in [6.07, 6.45) is 1.61. The van der Waals surface area contributed by atoms with Crippen molar-refractivity contribution in [2.75, 3.05) is 0 Å². The fourth-order valence-electron chi connectivity index (χ4n) is 0.392. The summed E-state index contributed by atoms with van der Waals surface area (Å²) in [5.74, 6) is 0. The van der Waals surface area contributed by atoms with E-state index in [1.807, 2.05) is 12.1 Å². The molecule has 0 radical (unpaired) electrons. The van der Waals surface area contributed by atoms with Crippen molar-refractivity contribution in [3.63, 3.8) is 0 Å². The molecule has 0 aliphatic carbocycles. The molecule has 0 aromatic rings. The molecular weight excluding hydrogens is 152 g/mol. The molecule has 1 aliphatic rings. The van der Waals surface area contributed by atoms with Crippen LogP contribution in [-0.4, -0.2) is 4.75 Å². The van der Waals surface area contributed by atoms with Crippen LogP contribution in [0.25, 0.3) is 0 Å². The van der Waals surface area contributed by atoms with Crippen molar-refractivity contribution < 1.29 is 0 Å². The van der Waals surface area contributed by atoms with Crippen LogP contribution in [0.15, 0.2) is 11.5 Å². The minimum Gasteiger partial charge on any atom is -0.195 e. The first kappa shape index (κ1) is 6.54. The number of nitrogens with zero attached hydrogens (tertiary/aromatic N) is 2. The third-order valence-corrected chi connectivity index (χ3v) is 3.21. The maximum atomic E-state index is 8.46. The highest BCUT2D eigenvalue weighted by Crippen LogP contribution is 2.43. The molecule has 0 spiro atoms. The monoisotopic (exact) mass is 154 g/mol. The van der Waals surface area contributed by atoms with Crippen molar-refractivity contribution in [3.05, 3.63) is 11.5 Å². The van der Waals surface area contributed by atoms with Crippen molar-refractivity contribution in [1.82, 2.24) is 0 Å². The van der Waals surface area contributed by atoms with Crippen LogP contribution in [-0.2, 0) is 0 Å². The molecule has 9 heavy (non-hydrogen) atoms. The average molecular weight is 154 g/mol. The van der Waals surface area contributed by atoms with Crippen molar-refractivity contribution >= 4 is 21.6 Å². The Morgan fingerprint density at radius 3 is 2.22 bits per heavy atom. The summed E-state index contributed by atoms with van der Waals surface area (Å²) in [5, 5.41) is 18.7. The minimum atomic E-state index is -0.912. The van der Waals surface area contributed by atoms with E-state index in [2.05, 4.69) is 0 Å². The smallest absolute Gasteiger partial charge is 0.195 e. The Balaban J connectivity index is 2.88. The largest absolute Gasteiger partial charge is 0.217 e. The molecule has 0 N–H and O–H groups in total. The van der Waals surface area contributed by atoms with E-state index in [0.717, 1.165) is 0 Å². The summed E-state index contributed by atoms with van der Waals surface area (Å²) in [6.45, 7) is 0. The summed E-state index contributed by atoms with van der Waals surface area (Å²) >= 11 is 0. The van der Waals surface area contributed by atoms with Gasteiger partial charge >= 0.3 is 0 Å². The molecule has 1 aliphatic heterocycles. The van der Waals surface area contributed by atoms with Crippen molar-refractivity contribution in [1.29, 1.82) is 10.5 Å². The predicted octanol–water partition coefficient (Wildman–Crippen LogP) is 1.68. The Bertz CT molecular complexity index is 206. The molecule has 2 nitrogen and oxygen atoms in total. The van der Waals surface area contributed by atoms with Crippen LogP contribution >= 0.6 is 21.6 Å². The quantitative estimate of drug-likeness (QED) is 0.498. The van der Waals surface area contributed by atoms with Gasteiger partial charge in [0.25, 0.3) is 0 Å². The lowest BCUT2D eigenvalue weighted by molar-refractivity contribution is 1.17.